The third-order valence-corrected chi connectivity index (χ3v) is 15.2. The van der Waals surface area contributed by atoms with Crippen LogP contribution < -0.4 is 26.6 Å². The first-order valence-electron chi connectivity index (χ1n) is 20.6. The van der Waals surface area contributed by atoms with Gasteiger partial charge in [-0.15, -0.1) is 0 Å². The number of nitrogens with one attached hydrogen (secondary N) is 5. The third kappa shape index (κ3) is 3.68. The van der Waals surface area contributed by atoms with E-state index in [0.29, 0.717) is 10.0 Å². The number of nitroso groups, excluding NO2 is 3. The van der Waals surface area contributed by atoms with Crippen molar-refractivity contribution in [2.75, 3.05) is 53.3 Å². The van der Waals surface area contributed by atoms with Gasteiger partial charge in [0.05, 0.1) is 41.4 Å². The summed E-state index contributed by atoms with van der Waals surface area (Å²) >= 11 is 0. The number of carbonyl (C=O) groups is 9. The van der Waals surface area contributed by atoms with Gasteiger partial charge in [0.15, 0.2) is 48.0 Å². The van der Waals surface area contributed by atoms with Crippen LogP contribution in [-0.4, -0.2) is 275 Å². The van der Waals surface area contributed by atoms with Gasteiger partial charge in [-0.05, 0) is 15.0 Å². The minimum Gasteiger partial charge on any atom is -0.314 e. The van der Waals surface area contributed by atoms with Crippen molar-refractivity contribution in [3.63, 3.8) is 0 Å². The lowest BCUT2D eigenvalue weighted by Crippen LogP contribution is -2.73. The Morgan fingerprint density at radius 3 is 1.23 bits per heavy atom. The van der Waals surface area contributed by atoms with E-state index in [4.69, 9.17) is 0 Å². The molecule has 16 aliphatic rings. The molecule has 16 bridgehead atoms. The van der Waals surface area contributed by atoms with Crippen LogP contribution in [-0.2, 0) is 0 Å². The van der Waals surface area contributed by atoms with E-state index in [0.717, 1.165) is 39.3 Å². The average Bonchev–Trinajstić information content (AvgIpc) is 4.05. The number of amides is 18. The highest BCUT2D eigenvalue weighted by atomic mass is 16.4. The van der Waals surface area contributed by atoms with E-state index in [9.17, 15) is 57.9 Å². The van der Waals surface area contributed by atoms with Crippen LogP contribution in [0.5, 0.6) is 0 Å². The smallest absolute Gasteiger partial charge is 0.314 e. The van der Waals surface area contributed by atoms with Gasteiger partial charge in [0.2, 0.25) is 22.1 Å². The van der Waals surface area contributed by atoms with Crippen molar-refractivity contribution >= 4 is 54.3 Å². The molecule has 0 radical (unpaired) electrons. The molecule has 12 atom stereocenters. The van der Waals surface area contributed by atoms with Crippen LogP contribution in [0.25, 0.3) is 0 Å². The van der Waals surface area contributed by atoms with Gasteiger partial charge in [-0.1, -0.05) is 0 Å². The fraction of sp³-hybridized carbons (Fsp3) is 0.690. The quantitative estimate of drug-likeness (QED) is 0.141. The van der Waals surface area contributed by atoms with Crippen molar-refractivity contribution in [2.45, 2.75) is 74.0 Å². The molecule has 338 valence electrons. The minimum atomic E-state index is -2.02. The van der Waals surface area contributed by atoms with E-state index in [1.165, 1.54) is 29.4 Å². The zero-order valence-corrected chi connectivity index (χ0v) is 33.0. The summed E-state index contributed by atoms with van der Waals surface area (Å²) in [5.41, 5.74) is 0. The predicted molar refractivity (Wildman–Crippen MR) is 189 cm³/mol. The molecular formula is C29H33N24O12+3. The number of rotatable bonds is 0. The van der Waals surface area contributed by atoms with E-state index in [-0.39, 0.29) is 14.6 Å². The molecule has 36 heteroatoms. The van der Waals surface area contributed by atoms with Crippen LogP contribution in [0, 0.1) is 14.7 Å². The van der Waals surface area contributed by atoms with Crippen LogP contribution in [0.2, 0.25) is 0 Å². The van der Waals surface area contributed by atoms with Crippen molar-refractivity contribution in [1.82, 2.24) is 105 Å². The maximum atomic E-state index is 14.8. The zero-order chi connectivity index (χ0) is 44.3. The highest BCUT2D eigenvalue weighted by molar-refractivity contribution is 5.99. The standard InChI is InChI=1S/C29H32N24O12/c54-21-34-9-11-33-4-38-19-16-42(25(38)58)7-45-17-20-49(28(45)61)52(64)12(53(65)50(20)29(62)46(17)8-44(16)27(60)48(19)51(11)63)10-31-2-35-13-14-39(22(35)55)5-41-15-18(37(1-30-9)24(41)57)47(21)26(59)43(15)6-40(14)23(56)36(13)3-32-10/h9-20,30-33H,1-8H2/q+2/p+1. The summed E-state index contributed by atoms with van der Waals surface area (Å²) in [5.74, 6) is 0. The molecular weight excluding hydrogens is 876 g/mol. The molecule has 0 aromatic rings. The molecule has 16 aliphatic heterocycles. The fourth-order valence-corrected chi connectivity index (χ4v) is 12.5. The Labute approximate surface area is 359 Å². The largest absolute Gasteiger partial charge is 0.518 e. The van der Waals surface area contributed by atoms with Crippen LogP contribution in [0.4, 0.5) is 43.2 Å². The molecule has 5 N–H and O–H groups in total. The second-order valence-corrected chi connectivity index (χ2v) is 17.8. The van der Waals surface area contributed by atoms with Gasteiger partial charge in [-0.25, -0.2) is 53.4 Å². The Balaban J connectivity index is 0.906. The number of hydrazine groups is 3. The molecule has 18 amide bonds. The highest BCUT2D eigenvalue weighted by Gasteiger charge is 2.81. The predicted octanol–water partition coefficient (Wildman–Crippen LogP) is -7.29. The Kier molecular flexibility index (Phi) is 6.02. The lowest BCUT2D eigenvalue weighted by molar-refractivity contribution is -0.947. The Hall–Kier alpha value is -7.73. The third-order valence-electron chi connectivity index (χ3n) is 15.2. The fourth-order valence-electron chi connectivity index (χ4n) is 12.5. The van der Waals surface area contributed by atoms with Gasteiger partial charge >= 0.3 is 66.6 Å². The highest BCUT2D eigenvalue weighted by Crippen LogP contribution is 2.46. The molecule has 0 spiro atoms. The van der Waals surface area contributed by atoms with Crippen LogP contribution >= 0.6 is 0 Å². The van der Waals surface area contributed by atoms with E-state index in [1.807, 2.05) is 0 Å². The number of fused-ring (bicyclic) bond motifs is 4. The van der Waals surface area contributed by atoms with Crippen LogP contribution in [0.15, 0.2) is 0 Å². The summed E-state index contributed by atoms with van der Waals surface area (Å²) in [7, 11) is 0. The van der Waals surface area contributed by atoms with E-state index < -0.39 is 182 Å². The number of nitrogens with zero attached hydrogens (tertiary/aromatic N) is 19. The summed E-state index contributed by atoms with van der Waals surface area (Å²) in [4.78, 5) is 190. The maximum Gasteiger partial charge on any atom is 0.518 e. The van der Waals surface area contributed by atoms with Gasteiger partial charge in [0.25, 0.3) is 6.17 Å². The van der Waals surface area contributed by atoms with Crippen molar-refractivity contribution < 1.29 is 57.8 Å². The van der Waals surface area contributed by atoms with Crippen LogP contribution in [0.3, 0.4) is 0 Å². The van der Waals surface area contributed by atoms with Crippen molar-refractivity contribution in [3.05, 3.63) is 14.7 Å². The normalized spacial score (nSPS) is 40.5. The van der Waals surface area contributed by atoms with Crippen molar-refractivity contribution in [2.24, 2.45) is 0 Å². The molecule has 0 aliphatic carbocycles. The van der Waals surface area contributed by atoms with Crippen molar-refractivity contribution in [1.29, 1.82) is 0 Å². The number of hydrogen-bond donors (Lipinski definition) is 5. The molecule has 16 rings (SSSR count). The second kappa shape index (κ2) is 11.0. The lowest BCUT2D eigenvalue weighted by atomic mass is 10.3. The molecule has 12 unspecified atom stereocenters. The molecule has 36 nitrogen and oxygen atoms in total. The van der Waals surface area contributed by atoms with Crippen LogP contribution in [0.1, 0.15) is 0 Å². The minimum absolute atomic E-state index is 0.0760. The van der Waals surface area contributed by atoms with E-state index >= 15 is 0 Å². The average molecular weight is 910 g/mol. The Bertz CT molecular complexity index is 2550. The summed E-state index contributed by atoms with van der Waals surface area (Å²) in [6.45, 7) is -4.00. The number of urea groups is 9. The molecule has 0 saturated carbocycles. The van der Waals surface area contributed by atoms with E-state index in [1.54, 1.807) is 0 Å². The molecule has 0 aromatic heterocycles. The van der Waals surface area contributed by atoms with Gasteiger partial charge in [-0.2, -0.15) is 0 Å². The summed E-state index contributed by atoms with van der Waals surface area (Å²) in [6.07, 6.45) is -17.0. The summed E-state index contributed by atoms with van der Waals surface area (Å²) in [6, 6.07) is -7.89. The molecule has 16 heterocycles. The first kappa shape index (κ1) is 35.7. The first-order chi connectivity index (χ1) is 31.3. The summed E-state index contributed by atoms with van der Waals surface area (Å²) in [5, 5.41) is 16.5. The SMILES string of the molecule is O=C1N2CNC3NCN4C(=O)N5CN6C(=O)N7C(=O)NC(NCN8C(=O)N(CN1C5C24)C6C87)C1NCN2C(=O)N4CN5C(=O)N6C7C5N(CN5C(=O)N(C2C45)[N+]1=O)C(=O)N7[N+](=O)C3[N+]6=O. The zero-order valence-electron chi connectivity index (χ0n) is 33.0. The molecule has 16 saturated heterocycles. The van der Waals surface area contributed by atoms with Gasteiger partial charge in [0.1, 0.15) is 26.7 Å². The number of hydrogen-bond acceptors (Lipinski definition) is 16. The molecule has 65 heavy (non-hydrogen) atoms. The monoisotopic (exact) mass is 909 g/mol. The number of imide groups is 1. The lowest BCUT2D eigenvalue weighted by Gasteiger charge is -2.41. The molecule has 0 aromatic carbocycles. The Morgan fingerprint density at radius 1 is 0.354 bits per heavy atom. The van der Waals surface area contributed by atoms with Gasteiger partial charge in [-0.3, -0.25) is 74.7 Å². The summed E-state index contributed by atoms with van der Waals surface area (Å²) < 4.78 is 0. The van der Waals surface area contributed by atoms with Gasteiger partial charge < -0.3 is 5.32 Å². The Morgan fingerprint density at radius 2 is 0.708 bits per heavy atom. The van der Waals surface area contributed by atoms with Gasteiger partial charge in [0, 0.05) is 0 Å². The topological polar surface area (TPSA) is 326 Å². The maximum absolute atomic E-state index is 14.8. The second-order valence-electron chi connectivity index (χ2n) is 17.8. The molecule has 16 fully saturated rings. The van der Waals surface area contributed by atoms with E-state index in [2.05, 4.69) is 26.6 Å². The number of carbonyl (C=O) groups excluding carboxylic acids is 9. The first-order valence-corrected chi connectivity index (χ1v) is 20.6. The van der Waals surface area contributed by atoms with Crippen molar-refractivity contribution in [3.8, 4) is 0 Å².